The van der Waals surface area contributed by atoms with Gasteiger partial charge in [0.05, 0.1) is 11.2 Å². The van der Waals surface area contributed by atoms with Crippen LogP contribution in [0.25, 0.3) is 28.1 Å². The molecule has 2 aromatic carbocycles. The summed E-state index contributed by atoms with van der Waals surface area (Å²) in [5.74, 6) is 0. The Bertz CT molecular complexity index is 916. The fraction of sp³-hybridized carbons (Fsp3) is 0.150. The van der Waals surface area contributed by atoms with Crippen molar-refractivity contribution in [1.82, 2.24) is 4.98 Å². The standard InChI is InChI=1S/C20H17ClN2/c1-13-8-9-15-10-11-16-17(14-6-4-3-5-7-14)12-18(21)22-19(16)20(15)23(13)2/h3-13H,1-2H3. The summed E-state index contributed by atoms with van der Waals surface area (Å²) in [5, 5.41) is 1.66. The van der Waals surface area contributed by atoms with E-state index in [0.29, 0.717) is 11.2 Å². The number of aromatic nitrogens is 1. The maximum absolute atomic E-state index is 6.35. The lowest BCUT2D eigenvalue weighted by Gasteiger charge is -2.31. The topological polar surface area (TPSA) is 16.1 Å². The summed E-state index contributed by atoms with van der Waals surface area (Å²) in [6, 6.07) is 16.9. The highest BCUT2D eigenvalue weighted by atomic mass is 35.5. The van der Waals surface area contributed by atoms with E-state index in [1.807, 2.05) is 24.3 Å². The first kappa shape index (κ1) is 14.3. The average molecular weight is 321 g/mol. The van der Waals surface area contributed by atoms with Gasteiger partial charge in [0.15, 0.2) is 0 Å². The van der Waals surface area contributed by atoms with E-state index in [-0.39, 0.29) is 0 Å². The highest BCUT2D eigenvalue weighted by molar-refractivity contribution is 6.30. The number of halogens is 1. The van der Waals surface area contributed by atoms with Crippen LogP contribution in [0.3, 0.4) is 0 Å². The SMILES string of the molecule is CC1C=Cc2ccc3c(-c4ccccc4)cc(Cl)nc3c2N1C. The molecule has 4 rings (SSSR count). The molecule has 1 aromatic heterocycles. The van der Waals surface area contributed by atoms with E-state index in [1.54, 1.807) is 0 Å². The molecule has 0 spiro atoms. The first-order chi connectivity index (χ1) is 11.1. The zero-order chi connectivity index (χ0) is 16.0. The van der Waals surface area contributed by atoms with Gasteiger partial charge < -0.3 is 4.90 Å². The summed E-state index contributed by atoms with van der Waals surface area (Å²) < 4.78 is 0. The molecule has 0 bridgehead atoms. The molecule has 114 valence electrons. The molecule has 0 saturated heterocycles. The van der Waals surface area contributed by atoms with Gasteiger partial charge in [-0.05, 0) is 29.7 Å². The monoisotopic (exact) mass is 320 g/mol. The normalized spacial score (nSPS) is 16.7. The van der Waals surface area contributed by atoms with E-state index < -0.39 is 0 Å². The molecule has 0 aliphatic carbocycles. The smallest absolute Gasteiger partial charge is 0.130 e. The summed E-state index contributed by atoms with van der Waals surface area (Å²) in [4.78, 5) is 6.91. The Hall–Kier alpha value is -2.32. The van der Waals surface area contributed by atoms with E-state index in [0.717, 1.165) is 27.7 Å². The minimum Gasteiger partial charge on any atom is -0.366 e. The summed E-state index contributed by atoms with van der Waals surface area (Å²) in [5.41, 5.74) is 5.58. The second-order valence-corrected chi connectivity index (χ2v) is 6.36. The molecule has 1 aliphatic heterocycles. The van der Waals surface area contributed by atoms with Crippen molar-refractivity contribution < 1.29 is 0 Å². The van der Waals surface area contributed by atoms with E-state index in [4.69, 9.17) is 11.6 Å². The van der Waals surface area contributed by atoms with E-state index >= 15 is 0 Å². The Balaban J connectivity index is 2.07. The number of likely N-dealkylation sites (N-methyl/N-ethyl adjacent to an activating group) is 1. The Morgan fingerprint density at radius 2 is 1.87 bits per heavy atom. The number of anilines is 1. The van der Waals surface area contributed by atoms with Crippen LogP contribution in [0.15, 0.2) is 54.6 Å². The Kier molecular flexibility index (Phi) is 3.35. The minimum absolute atomic E-state index is 0.342. The van der Waals surface area contributed by atoms with Crippen molar-refractivity contribution in [2.45, 2.75) is 13.0 Å². The molecule has 1 aliphatic rings. The number of rotatable bonds is 1. The van der Waals surface area contributed by atoms with Crippen molar-refractivity contribution in [1.29, 1.82) is 0 Å². The van der Waals surface area contributed by atoms with Gasteiger partial charge in [-0.1, -0.05) is 66.2 Å². The van der Waals surface area contributed by atoms with Crippen LogP contribution in [0, 0.1) is 0 Å². The second kappa shape index (κ2) is 5.39. The predicted octanol–water partition coefficient (Wildman–Crippen LogP) is 5.41. The van der Waals surface area contributed by atoms with Gasteiger partial charge >= 0.3 is 0 Å². The first-order valence-corrected chi connectivity index (χ1v) is 8.12. The van der Waals surface area contributed by atoms with Gasteiger partial charge in [-0.15, -0.1) is 0 Å². The summed E-state index contributed by atoms with van der Waals surface area (Å²) in [6.45, 7) is 2.18. The van der Waals surface area contributed by atoms with Gasteiger partial charge in [0.25, 0.3) is 0 Å². The van der Waals surface area contributed by atoms with Crippen LogP contribution in [0.5, 0.6) is 0 Å². The third-order valence-corrected chi connectivity index (χ3v) is 4.75. The lowest BCUT2D eigenvalue weighted by Crippen LogP contribution is -2.29. The molecule has 3 aromatic rings. The van der Waals surface area contributed by atoms with Crippen LogP contribution >= 0.6 is 11.6 Å². The molecule has 1 atom stereocenters. The Morgan fingerprint density at radius 1 is 1.09 bits per heavy atom. The van der Waals surface area contributed by atoms with Crippen LogP contribution in [0.1, 0.15) is 12.5 Å². The molecule has 0 N–H and O–H groups in total. The van der Waals surface area contributed by atoms with Gasteiger partial charge in [0.2, 0.25) is 0 Å². The van der Waals surface area contributed by atoms with Gasteiger partial charge in [-0.3, -0.25) is 0 Å². The average Bonchev–Trinajstić information content (AvgIpc) is 2.57. The second-order valence-electron chi connectivity index (χ2n) is 5.97. The number of hydrogen-bond donors (Lipinski definition) is 0. The highest BCUT2D eigenvalue weighted by Crippen LogP contribution is 2.39. The molecule has 1 unspecified atom stereocenters. The molecular formula is C20H17ClN2. The molecule has 3 heteroatoms. The number of fused-ring (bicyclic) bond motifs is 3. The summed E-state index contributed by atoms with van der Waals surface area (Å²) in [6.07, 6.45) is 4.38. The Morgan fingerprint density at radius 3 is 2.65 bits per heavy atom. The molecule has 0 amide bonds. The maximum Gasteiger partial charge on any atom is 0.130 e. The number of pyridine rings is 1. The molecule has 23 heavy (non-hydrogen) atoms. The summed E-state index contributed by atoms with van der Waals surface area (Å²) >= 11 is 6.35. The minimum atomic E-state index is 0.342. The van der Waals surface area contributed by atoms with Gasteiger partial charge in [-0.25, -0.2) is 4.98 Å². The predicted molar refractivity (Wildman–Crippen MR) is 99.1 cm³/mol. The quantitative estimate of drug-likeness (QED) is 0.557. The Labute approximate surface area is 141 Å². The van der Waals surface area contributed by atoms with Gasteiger partial charge in [0, 0.05) is 18.5 Å². The number of nitrogens with zero attached hydrogens (tertiary/aromatic N) is 2. The maximum atomic E-state index is 6.35. The lowest BCUT2D eigenvalue weighted by molar-refractivity contribution is 0.820. The molecule has 2 nitrogen and oxygen atoms in total. The van der Waals surface area contributed by atoms with Crippen molar-refractivity contribution in [3.05, 3.63) is 65.3 Å². The zero-order valence-corrected chi connectivity index (χ0v) is 13.9. The fourth-order valence-electron chi connectivity index (χ4n) is 3.20. The van der Waals surface area contributed by atoms with Crippen molar-refractivity contribution >= 4 is 34.3 Å². The van der Waals surface area contributed by atoms with Crippen LogP contribution < -0.4 is 4.90 Å². The van der Waals surface area contributed by atoms with Crippen molar-refractivity contribution in [2.24, 2.45) is 0 Å². The molecule has 0 saturated carbocycles. The molecule has 0 radical (unpaired) electrons. The molecule has 0 fully saturated rings. The van der Waals surface area contributed by atoms with Crippen LogP contribution in [-0.2, 0) is 0 Å². The van der Waals surface area contributed by atoms with E-state index in [2.05, 4.69) is 60.3 Å². The third-order valence-electron chi connectivity index (χ3n) is 4.56. The molecule has 2 heterocycles. The summed E-state index contributed by atoms with van der Waals surface area (Å²) in [7, 11) is 2.11. The fourth-order valence-corrected chi connectivity index (χ4v) is 3.39. The van der Waals surface area contributed by atoms with E-state index in [1.165, 1.54) is 5.56 Å². The largest absolute Gasteiger partial charge is 0.366 e. The van der Waals surface area contributed by atoms with Gasteiger partial charge in [0.1, 0.15) is 5.15 Å². The third kappa shape index (κ3) is 2.30. The van der Waals surface area contributed by atoms with Crippen LogP contribution in [0.4, 0.5) is 5.69 Å². The van der Waals surface area contributed by atoms with Crippen molar-refractivity contribution in [2.75, 3.05) is 11.9 Å². The van der Waals surface area contributed by atoms with Gasteiger partial charge in [-0.2, -0.15) is 0 Å². The lowest BCUT2D eigenvalue weighted by atomic mass is 9.96. The van der Waals surface area contributed by atoms with Crippen LogP contribution in [-0.4, -0.2) is 18.1 Å². The van der Waals surface area contributed by atoms with Crippen molar-refractivity contribution in [3.8, 4) is 11.1 Å². The highest BCUT2D eigenvalue weighted by Gasteiger charge is 2.20. The number of benzene rings is 2. The molecular weight excluding hydrogens is 304 g/mol. The number of hydrogen-bond acceptors (Lipinski definition) is 2. The zero-order valence-electron chi connectivity index (χ0n) is 13.1. The van der Waals surface area contributed by atoms with Crippen LogP contribution in [0.2, 0.25) is 5.15 Å². The van der Waals surface area contributed by atoms with E-state index in [9.17, 15) is 0 Å². The first-order valence-electron chi connectivity index (χ1n) is 7.75. The van der Waals surface area contributed by atoms with Crippen molar-refractivity contribution in [3.63, 3.8) is 0 Å².